The number of methoxy groups -OCH3 is 1. The van der Waals surface area contributed by atoms with Gasteiger partial charge in [0, 0.05) is 19.9 Å². The van der Waals surface area contributed by atoms with Gasteiger partial charge in [-0.25, -0.2) is 0 Å². The van der Waals surface area contributed by atoms with E-state index in [0.717, 1.165) is 25.1 Å². The minimum atomic E-state index is -0.586. The van der Waals surface area contributed by atoms with Crippen LogP contribution in [0.2, 0.25) is 0 Å². The van der Waals surface area contributed by atoms with Crippen molar-refractivity contribution in [3.8, 4) is 0 Å². The van der Waals surface area contributed by atoms with Gasteiger partial charge in [0.15, 0.2) is 0 Å². The summed E-state index contributed by atoms with van der Waals surface area (Å²) < 4.78 is 7.08. The van der Waals surface area contributed by atoms with E-state index in [-0.39, 0.29) is 6.10 Å². The Labute approximate surface area is 90.9 Å². The van der Waals surface area contributed by atoms with Crippen LogP contribution in [0.25, 0.3) is 0 Å². The van der Waals surface area contributed by atoms with Crippen LogP contribution in [0.5, 0.6) is 0 Å². The SMILES string of the molecule is CCCC(OC)C(O)c1ccnn1CC. The van der Waals surface area contributed by atoms with Gasteiger partial charge in [-0.1, -0.05) is 13.3 Å². The highest BCUT2D eigenvalue weighted by Gasteiger charge is 2.22. The van der Waals surface area contributed by atoms with Crippen molar-refractivity contribution in [1.82, 2.24) is 9.78 Å². The second kappa shape index (κ2) is 5.88. The molecule has 1 heterocycles. The van der Waals surface area contributed by atoms with Gasteiger partial charge in [-0.2, -0.15) is 5.10 Å². The van der Waals surface area contributed by atoms with E-state index in [1.54, 1.807) is 18.0 Å². The molecule has 0 saturated heterocycles. The standard InChI is InChI=1S/C11H20N2O2/c1-4-6-10(15-3)11(14)9-7-8-12-13(9)5-2/h7-8,10-11,14H,4-6H2,1-3H3. The van der Waals surface area contributed by atoms with Crippen LogP contribution in [-0.4, -0.2) is 28.1 Å². The van der Waals surface area contributed by atoms with Crippen LogP contribution in [0.15, 0.2) is 12.3 Å². The zero-order valence-electron chi connectivity index (χ0n) is 9.68. The summed E-state index contributed by atoms with van der Waals surface area (Å²) in [5.41, 5.74) is 0.831. The van der Waals surface area contributed by atoms with Gasteiger partial charge < -0.3 is 9.84 Å². The normalized spacial score (nSPS) is 15.2. The van der Waals surface area contributed by atoms with Crippen LogP contribution in [0.4, 0.5) is 0 Å². The second-order valence-corrected chi connectivity index (χ2v) is 3.58. The van der Waals surface area contributed by atoms with Crippen molar-refractivity contribution in [2.75, 3.05) is 7.11 Å². The van der Waals surface area contributed by atoms with Gasteiger partial charge in [-0.3, -0.25) is 4.68 Å². The van der Waals surface area contributed by atoms with Crippen LogP contribution in [0.3, 0.4) is 0 Å². The molecule has 0 saturated carbocycles. The molecule has 4 heteroatoms. The lowest BCUT2D eigenvalue weighted by atomic mass is 10.1. The molecule has 1 aromatic heterocycles. The van der Waals surface area contributed by atoms with Crippen molar-refractivity contribution in [1.29, 1.82) is 0 Å². The molecule has 15 heavy (non-hydrogen) atoms. The predicted molar refractivity (Wildman–Crippen MR) is 58.6 cm³/mol. The summed E-state index contributed by atoms with van der Waals surface area (Å²) >= 11 is 0. The fourth-order valence-corrected chi connectivity index (χ4v) is 1.74. The molecule has 1 N–H and O–H groups in total. The lowest BCUT2D eigenvalue weighted by Crippen LogP contribution is -2.23. The first-order chi connectivity index (χ1) is 7.24. The maximum Gasteiger partial charge on any atom is 0.122 e. The minimum Gasteiger partial charge on any atom is -0.384 e. The summed E-state index contributed by atoms with van der Waals surface area (Å²) in [6.07, 6.45) is 2.83. The molecule has 2 atom stereocenters. The fraction of sp³-hybridized carbons (Fsp3) is 0.727. The number of hydrogen-bond acceptors (Lipinski definition) is 3. The van der Waals surface area contributed by atoms with Crippen LogP contribution in [-0.2, 0) is 11.3 Å². The number of aryl methyl sites for hydroxylation is 1. The van der Waals surface area contributed by atoms with Gasteiger partial charge in [0.2, 0.25) is 0 Å². The molecular weight excluding hydrogens is 192 g/mol. The molecule has 4 nitrogen and oxygen atoms in total. The van der Waals surface area contributed by atoms with Gasteiger partial charge in [-0.05, 0) is 19.4 Å². The lowest BCUT2D eigenvalue weighted by Gasteiger charge is -2.21. The minimum absolute atomic E-state index is 0.142. The number of nitrogens with zero attached hydrogens (tertiary/aromatic N) is 2. The van der Waals surface area contributed by atoms with E-state index < -0.39 is 6.10 Å². The van der Waals surface area contributed by atoms with Crippen molar-refractivity contribution < 1.29 is 9.84 Å². The number of aliphatic hydroxyl groups excluding tert-OH is 1. The zero-order chi connectivity index (χ0) is 11.3. The maximum absolute atomic E-state index is 10.1. The summed E-state index contributed by atoms with van der Waals surface area (Å²) in [6, 6.07) is 1.84. The van der Waals surface area contributed by atoms with Crippen molar-refractivity contribution in [3.05, 3.63) is 18.0 Å². The van der Waals surface area contributed by atoms with E-state index in [9.17, 15) is 5.11 Å². The summed E-state index contributed by atoms with van der Waals surface area (Å²) in [5.74, 6) is 0. The third kappa shape index (κ3) is 2.79. The van der Waals surface area contributed by atoms with Gasteiger partial charge in [0.1, 0.15) is 6.10 Å². The maximum atomic E-state index is 10.1. The van der Waals surface area contributed by atoms with Crippen LogP contribution < -0.4 is 0 Å². The van der Waals surface area contributed by atoms with Gasteiger partial charge >= 0.3 is 0 Å². The number of rotatable bonds is 6. The topological polar surface area (TPSA) is 47.3 Å². The second-order valence-electron chi connectivity index (χ2n) is 3.58. The van der Waals surface area contributed by atoms with E-state index in [1.807, 2.05) is 13.0 Å². The van der Waals surface area contributed by atoms with E-state index in [0.29, 0.717) is 0 Å². The highest BCUT2D eigenvalue weighted by atomic mass is 16.5. The molecular formula is C11H20N2O2. The first-order valence-electron chi connectivity index (χ1n) is 5.47. The van der Waals surface area contributed by atoms with Gasteiger partial charge in [0.05, 0.1) is 11.8 Å². The highest BCUT2D eigenvalue weighted by molar-refractivity contribution is 5.06. The Hall–Kier alpha value is -0.870. The first-order valence-corrected chi connectivity index (χ1v) is 5.47. The quantitative estimate of drug-likeness (QED) is 0.781. The summed E-state index contributed by atoms with van der Waals surface area (Å²) in [4.78, 5) is 0. The third-order valence-corrected chi connectivity index (χ3v) is 2.58. The average molecular weight is 212 g/mol. The molecule has 0 fully saturated rings. The predicted octanol–water partition coefficient (Wildman–Crippen LogP) is 1.75. The Morgan fingerprint density at radius 1 is 1.53 bits per heavy atom. The molecule has 0 aromatic carbocycles. The lowest BCUT2D eigenvalue weighted by molar-refractivity contribution is -0.0220. The first kappa shape index (κ1) is 12.2. The van der Waals surface area contributed by atoms with Gasteiger partial charge in [-0.15, -0.1) is 0 Å². The fourth-order valence-electron chi connectivity index (χ4n) is 1.74. The molecule has 0 amide bonds. The Kier molecular flexibility index (Phi) is 4.78. The van der Waals surface area contributed by atoms with Crippen LogP contribution in [0, 0.1) is 0 Å². The Morgan fingerprint density at radius 3 is 2.80 bits per heavy atom. The van der Waals surface area contributed by atoms with E-state index in [2.05, 4.69) is 12.0 Å². The largest absolute Gasteiger partial charge is 0.384 e. The molecule has 1 aromatic rings. The zero-order valence-corrected chi connectivity index (χ0v) is 9.68. The smallest absolute Gasteiger partial charge is 0.122 e. The van der Waals surface area contributed by atoms with E-state index in [1.165, 1.54) is 0 Å². The van der Waals surface area contributed by atoms with Crippen LogP contribution in [0.1, 0.15) is 38.5 Å². The van der Waals surface area contributed by atoms with Gasteiger partial charge in [0.25, 0.3) is 0 Å². The summed E-state index contributed by atoms with van der Waals surface area (Å²) in [7, 11) is 1.64. The third-order valence-electron chi connectivity index (χ3n) is 2.58. The number of aromatic nitrogens is 2. The highest BCUT2D eigenvalue weighted by Crippen LogP contribution is 2.21. The Morgan fingerprint density at radius 2 is 2.27 bits per heavy atom. The number of ether oxygens (including phenoxy) is 1. The number of aliphatic hydroxyl groups is 1. The van der Waals surface area contributed by atoms with Crippen molar-refractivity contribution in [2.24, 2.45) is 0 Å². The summed E-state index contributed by atoms with van der Waals surface area (Å²) in [5, 5.41) is 14.3. The molecule has 1 rings (SSSR count). The summed E-state index contributed by atoms with van der Waals surface area (Å²) in [6.45, 7) is 4.85. The Balaban J connectivity index is 2.77. The molecule has 0 aliphatic heterocycles. The molecule has 0 bridgehead atoms. The Bertz CT molecular complexity index is 286. The van der Waals surface area contributed by atoms with E-state index >= 15 is 0 Å². The average Bonchev–Trinajstić information content (AvgIpc) is 2.72. The monoisotopic (exact) mass is 212 g/mol. The van der Waals surface area contributed by atoms with Crippen molar-refractivity contribution in [2.45, 2.75) is 45.4 Å². The van der Waals surface area contributed by atoms with Crippen molar-refractivity contribution >= 4 is 0 Å². The molecule has 86 valence electrons. The molecule has 0 radical (unpaired) electrons. The van der Waals surface area contributed by atoms with Crippen LogP contribution >= 0.6 is 0 Å². The number of hydrogen-bond donors (Lipinski definition) is 1. The van der Waals surface area contributed by atoms with E-state index in [4.69, 9.17) is 4.74 Å². The molecule has 2 unspecified atom stereocenters. The molecule has 0 aliphatic rings. The molecule has 0 aliphatic carbocycles. The molecule has 0 spiro atoms. The van der Waals surface area contributed by atoms with Crippen molar-refractivity contribution in [3.63, 3.8) is 0 Å².